The van der Waals surface area contributed by atoms with Crippen LogP contribution in [-0.2, 0) is 19.1 Å². The van der Waals surface area contributed by atoms with Crippen LogP contribution in [0.3, 0.4) is 0 Å². The van der Waals surface area contributed by atoms with Gasteiger partial charge in [0.15, 0.2) is 5.76 Å². The molecule has 1 atom stereocenters. The van der Waals surface area contributed by atoms with E-state index in [2.05, 4.69) is 19.1 Å². The van der Waals surface area contributed by atoms with Gasteiger partial charge in [-0.2, -0.15) is 0 Å². The van der Waals surface area contributed by atoms with Crippen LogP contribution >= 0.6 is 0 Å². The molecule has 28 heavy (non-hydrogen) atoms. The normalized spacial score (nSPS) is 17.4. The monoisotopic (exact) mass is 390 g/mol. The van der Waals surface area contributed by atoms with Crippen LogP contribution in [0, 0.1) is 5.92 Å². The summed E-state index contributed by atoms with van der Waals surface area (Å²) in [5.41, 5.74) is 0. The zero-order chi connectivity index (χ0) is 20.6. The topological polar surface area (TPSA) is 60.4 Å². The van der Waals surface area contributed by atoms with Gasteiger partial charge in [-0.25, -0.2) is 0 Å². The van der Waals surface area contributed by atoms with E-state index in [0.717, 1.165) is 38.2 Å². The van der Waals surface area contributed by atoms with E-state index in [1.807, 2.05) is 0 Å². The fraction of sp³-hybridized carbons (Fsp3) is 0.708. The molecule has 0 N–H and O–H groups in total. The van der Waals surface area contributed by atoms with Crippen molar-refractivity contribution >= 4 is 17.3 Å². The fourth-order valence-corrected chi connectivity index (χ4v) is 3.56. The highest BCUT2D eigenvalue weighted by Gasteiger charge is 2.37. The second kappa shape index (κ2) is 15.2. The van der Waals surface area contributed by atoms with Crippen LogP contribution in [0.2, 0.25) is 0 Å². The summed E-state index contributed by atoms with van der Waals surface area (Å²) < 4.78 is 4.91. The van der Waals surface area contributed by atoms with E-state index in [1.54, 1.807) is 0 Å². The first kappa shape index (κ1) is 24.3. The molecular formula is C24H38O4. The third-order valence-corrected chi connectivity index (χ3v) is 5.36. The Morgan fingerprint density at radius 1 is 0.786 bits per heavy atom. The van der Waals surface area contributed by atoms with Crippen LogP contribution in [0.1, 0.15) is 96.8 Å². The SMILES string of the molecule is CCCCCCCCC=CCCCCCCCC1C(=O)C(=O)C=C(OC)C1=O. The maximum Gasteiger partial charge on any atom is 0.226 e. The smallest absolute Gasteiger partial charge is 0.226 e. The number of hydrogen-bond acceptors (Lipinski definition) is 4. The van der Waals surface area contributed by atoms with E-state index in [0.29, 0.717) is 6.42 Å². The standard InChI is InChI=1S/C24H38O4/c1-3-4-5-6-7-8-9-10-11-12-13-14-15-16-17-18-20-23(26)21(25)19-22(28-2)24(20)27/h10-11,19-20H,3-9,12-18H2,1-2H3. The number of ether oxygens (including phenoxy) is 1. The molecule has 0 aromatic heterocycles. The number of unbranched alkanes of at least 4 members (excludes halogenated alkanes) is 11. The average Bonchev–Trinajstić information content (AvgIpc) is 2.69. The lowest BCUT2D eigenvalue weighted by Crippen LogP contribution is -2.35. The molecule has 0 saturated carbocycles. The Labute approximate surface area is 170 Å². The molecule has 0 amide bonds. The molecule has 0 radical (unpaired) electrons. The Kier molecular flexibility index (Phi) is 13.2. The Hall–Kier alpha value is -1.71. The number of ketones is 3. The highest BCUT2D eigenvalue weighted by Crippen LogP contribution is 2.22. The van der Waals surface area contributed by atoms with Gasteiger partial charge in [0.25, 0.3) is 0 Å². The Morgan fingerprint density at radius 2 is 1.32 bits per heavy atom. The van der Waals surface area contributed by atoms with Crippen molar-refractivity contribution in [2.75, 3.05) is 7.11 Å². The molecule has 0 aromatic rings. The molecule has 4 heteroatoms. The predicted octanol–water partition coefficient (Wildman–Crippen LogP) is 5.89. The van der Waals surface area contributed by atoms with Crippen molar-refractivity contribution in [3.63, 3.8) is 0 Å². The molecule has 0 fully saturated rings. The fourth-order valence-electron chi connectivity index (χ4n) is 3.56. The maximum atomic E-state index is 12.1. The van der Waals surface area contributed by atoms with Gasteiger partial charge in [-0.15, -0.1) is 0 Å². The van der Waals surface area contributed by atoms with Crippen LogP contribution in [0.4, 0.5) is 0 Å². The molecule has 4 nitrogen and oxygen atoms in total. The van der Waals surface area contributed by atoms with E-state index < -0.39 is 17.5 Å². The van der Waals surface area contributed by atoms with E-state index in [1.165, 1.54) is 58.5 Å². The van der Waals surface area contributed by atoms with Crippen LogP contribution in [0.25, 0.3) is 0 Å². The molecule has 0 aromatic carbocycles. The van der Waals surface area contributed by atoms with Gasteiger partial charge in [0.05, 0.1) is 13.0 Å². The molecule has 1 aliphatic rings. The summed E-state index contributed by atoms with van der Waals surface area (Å²) in [5.74, 6) is -2.36. The van der Waals surface area contributed by atoms with Crippen LogP contribution < -0.4 is 0 Å². The molecule has 1 unspecified atom stereocenters. The Balaban J connectivity index is 2.01. The van der Waals surface area contributed by atoms with Crippen molar-refractivity contribution in [3.05, 3.63) is 24.0 Å². The Morgan fingerprint density at radius 3 is 1.89 bits per heavy atom. The summed E-state index contributed by atoms with van der Waals surface area (Å²) in [5, 5.41) is 0. The van der Waals surface area contributed by atoms with Gasteiger partial charge in [0.1, 0.15) is 0 Å². The minimum Gasteiger partial charge on any atom is -0.493 e. The van der Waals surface area contributed by atoms with E-state index in [9.17, 15) is 14.4 Å². The highest BCUT2D eigenvalue weighted by molar-refractivity contribution is 6.48. The lowest BCUT2D eigenvalue weighted by Gasteiger charge is -2.18. The molecule has 0 spiro atoms. The van der Waals surface area contributed by atoms with Crippen molar-refractivity contribution in [1.29, 1.82) is 0 Å². The second-order valence-corrected chi connectivity index (χ2v) is 7.73. The van der Waals surface area contributed by atoms with Gasteiger partial charge in [0, 0.05) is 6.08 Å². The minimum atomic E-state index is -0.836. The van der Waals surface area contributed by atoms with Crippen LogP contribution in [0.15, 0.2) is 24.0 Å². The molecular weight excluding hydrogens is 352 g/mol. The summed E-state index contributed by atoms with van der Waals surface area (Å²) >= 11 is 0. The number of hydrogen-bond donors (Lipinski definition) is 0. The van der Waals surface area contributed by atoms with Crippen molar-refractivity contribution in [3.8, 4) is 0 Å². The van der Waals surface area contributed by atoms with Gasteiger partial charge < -0.3 is 4.74 Å². The lowest BCUT2D eigenvalue weighted by molar-refractivity contribution is -0.142. The van der Waals surface area contributed by atoms with Gasteiger partial charge in [0.2, 0.25) is 17.3 Å². The zero-order valence-electron chi connectivity index (χ0n) is 17.8. The number of rotatable bonds is 16. The summed E-state index contributed by atoms with van der Waals surface area (Å²) in [6.45, 7) is 2.25. The summed E-state index contributed by atoms with van der Waals surface area (Å²) in [6.07, 6.45) is 21.7. The van der Waals surface area contributed by atoms with Crippen LogP contribution in [-0.4, -0.2) is 24.5 Å². The third kappa shape index (κ3) is 9.48. The highest BCUT2D eigenvalue weighted by atomic mass is 16.5. The summed E-state index contributed by atoms with van der Waals surface area (Å²) in [7, 11) is 1.35. The molecule has 0 bridgehead atoms. The molecule has 158 valence electrons. The van der Waals surface area contributed by atoms with E-state index in [-0.39, 0.29) is 11.5 Å². The number of Topliss-reactive ketones (excluding diaryl/α,β-unsaturated/α-hetero) is 2. The zero-order valence-corrected chi connectivity index (χ0v) is 17.8. The molecule has 1 aliphatic carbocycles. The molecule has 0 saturated heterocycles. The number of carbonyl (C=O) groups excluding carboxylic acids is 3. The van der Waals surface area contributed by atoms with Crippen molar-refractivity contribution in [1.82, 2.24) is 0 Å². The van der Waals surface area contributed by atoms with E-state index in [4.69, 9.17) is 4.74 Å². The lowest BCUT2D eigenvalue weighted by atomic mass is 9.85. The second-order valence-electron chi connectivity index (χ2n) is 7.73. The summed E-state index contributed by atoms with van der Waals surface area (Å²) in [4.78, 5) is 35.6. The first-order valence-electron chi connectivity index (χ1n) is 11.1. The van der Waals surface area contributed by atoms with E-state index >= 15 is 0 Å². The predicted molar refractivity (Wildman–Crippen MR) is 113 cm³/mol. The first-order valence-corrected chi connectivity index (χ1v) is 11.1. The third-order valence-electron chi connectivity index (χ3n) is 5.36. The number of allylic oxidation sites excluding steroid dienone is 4. The van der Waals surface area contributed by atoms with Crippen molar-refractivity contribution in [2.45, 2.75) is 96.8 Å². The summed E-state index contributed by atoms with van der Waals surface area (Å²) in [6, 6.07) is 0. The Bertz CT molecular complexity index is 545. The maximum absolute atomic E-state index is 12.1. The van der Waals surface area contributed by atoms with Gasteiger partial charge >= 0.3 is 0 Å². The molecule has 1 rings (SSSR count). The number of carbonyl (C=O) groups is 3. The molecule has 0 aliphatic heterocycles. The first-order chi connectivity index (χ1) is 13.6. The quantitative estimate of drug-likeness (QED) is 0.143. The largest absolute Gasteiger partial charge is 0.493 e. The average molecular weight is 391 g/mol. The van der Waals surface area contributed by atoms with Gasteiger partial charge in [-0.1, -0.05) is 76.9 Å². The van der Waals surface area contributed by atoms with Crippen LogP contribution in [0.5, 0.6) is 0 Å². The van der Waals surface area contributed by atoms with Crippen molar-refractivity contribution < 1.29 is 19.1 Å². The minimum absolute atomic E-state index is 0.0161. The number of methoxy groups -OCH3 is 1. The molecule has 0 heterocycles. The van der Waals surface area contributed by atoms with Gasteiger partial charge in [-0.3, -0.25) is 14.4 Å². The van der Waals surface area contributed by atoms with Crippen molar-refractivity contribution in [2.24, 2.45) is 5.92 Å². The van der Waals surface area contributed by atoms with Gasteiger partial charge in [-0.05, 0) is 32.1 Å².